The summed E-state index contributed by atoms with van der Waals surface area (Å²) in [4.78, 5) is 19.8. The molecule has 0 saturated carbocycles. The van der Waals surface area contributed by atoms with Gasteiger partial charge >= 0.3 is 6.03 Å². The molecule has 1 N–H and O–H groups in total. The fourth-order valence-electron chi connectivity index (χ4n) is 4.63. The highest BCUT2D eigenvalue weighted by atomic mass is 16.5. The standard InChI is InChI=1S/C30H30N4O3/c1-5-21-9-11-23(12-10-21)27-26(29-32-28(33-37-29)24-13-15-25(36-4)16-14-24)20(3)34(30(35)31-27)18-22-8-6-7-19(2)17-22/h6-17,27H,5,18H2,1-4H3,(H,31,35). The summed E-state index contributed by atoms with van der Waals surface area (Å²) >= 11 is 0. The first-order valence-electron chi connectivity index (χ1n) is 12.4. The number of nitrogens with one attached hydrogen (secondary N) is 1. The maximum Gasteiger partial charge on any atom is 0.322 e. The zero-order valence-corrected chi connectivity index (χ0v) is 21.5. The predicted octanol–water partition coefficient (Wildman–Crippen LogP) is 6.31. The molecule has 1 aliphatic heterocycles. The Labute approximate surface area is 216 Å². The predicted molar refractivity (Wildman–Crippen MR) is 143 cm³/mol. The largest absolute Gasteiger partial charge is 0.497 e. The van der Waals surface area contributed by atoms with Gasteiger partial charge in [-0.15, -0.1) is 0 Å². The van der Waals surface area contributed by atoms with Crippen LogP contribution in [0.5, 0.6) is 5.75 Å². The summed E-state index contributed by atoms with van der Waals surface area (Å²) in [7, 11) is 1.63. The minimum Gasteiger partial charge on any atom is -0.497 e. The molecule has 0 saturated heterocycles. The first-order valence-corrected chi connectivity index (χ1v) is 12.4. The highest BCUT2D eigenvalue weighted by molar-refractivity contribution is 5.87. The van der Waals surface area contributed by atoms with E-state index in [-0.39, 0.29) is 6.03 Å². The molecule has 4 aromatic rings. The van der Waals surface area contributed by atoms with E-state index >= 15 is 0 Å². The Morgan fingerprint density at radius 2 is 1.76 bits per heavy atom. The molecule has 1 aromatic heterocycles. The van der Waals surface area contributed by atoms with Gasteiger partial charge in [0.15, 0.2) is 0 Å². The molecule has 37 heavy (non-hydrogen) atoms. The van der Waals surface area contributed by atoms with Crippen molar-refractivity contribution in [3.8, 4) is 17.1 Å². The topological polar surface area (TPSA) is 80.5 Å². The quantitative estimate of drug-likeness (QED) is 0.325. The number of hydrogen-bond donors (Lipinski definition) is 1. The highest BCUT2D eigenvalue weighted by Crippen LogP contribution is 2.38. The summed E-state index contributed by atoms with van der Waals surface area (Å²) in [6.45, 7) is 6.54. The van der Waals surface area contributed by atoms with Crippen molar-refractivity contribution in [3.63, 3.8) is 0 Å². The van der Waals surface area contributed by atoms with Crippen molar-refractivity contribution < 1.29 is 14.1 Å². The van der Waals surface area contributed by atoms with Gasteiger partial charge in [-0.1, -0.05) is 66.2 Å². The number of allylic oxidation sites excluding steroid dienone is 1. The van der Waals surface area contributed by atoms with E-state index in [9.17, 15) is 4.79 Å². The number of nitrogens with zero attached hydrogens (tertiary/aromatic N) is 3. The first kappa shape index (κ1) is 24.3. The highest BCUT2D eigenvalue weighted by Gasteiger charge is 2.35. The van der Waals surface area contributed by atoms with E-state index in [1.807, 2.05) is 68.4 Å². The molecule has 188 valence electrons. The second-order valence-corrected chi connectivity index (χ2v) is 9.20. The fraction of sp³-hybridized carbons (Fsp3) is 0.233. The van der Waals surface area contributed by atoms with Crippen LogP contribution in [0.4, 0.5) is 4.79 Å². The summed E-state index contributed by atoms with van der Waals surface area (Å²) in [5.74, 6) is 1.60. The molecule has 2 amide bonds. The summed E-state index contributed by atoms with van der Waals surface area (Å²) in [5.41, 5.74) is 6.75. The zero-order chi connectivity index (χ0) is 25.9. The van der Waals surface area contributed by atoms with Crippen LogP contribution in [0.1, 0.15) is 48.0 Å². The molecule has 2 heterocycles. The third-order valence-corrected chi connectivity index (χ3v) is 6.75. The number of carbonyl (C=O) groups excluding carboxylic acids is 1. The Kier molecular flexibility index (Phi) is 6.77. The Bertz CT molecular complexity index is 1440. The van der Waals surface area contributed by atoms with Crippen LogP contribution >= 0.6 is 0 Å². The van der Waals surface area contributed by atoms with Crippen LogP contribution in [0.25, 0.3) is 17.0 Å². The molecule has 0 bridgehead atoms. The lowest BCUT2D eigenvalue weighted by atomic mass is 9.93. The number of urea groups is 1. The maximum absolute atomic E-state index is 13.4. The Balaban J connectivity index is 1.57. The second-order valence-electron chi connectivity index (χ2n) is 9.20. The molecule has 0 fully saturated rings. The Morgan fingerprint density at radius 1 is 1.00 bits per heavy atom. The number of amides is 2. The van der Waals surface area contributed by atoms with Gasteiger partial charge in [0.25, 0.3) is 5.89 Å². The fourth-order valence-corrected chi connectivity index (χ4v) is 4.63. The van der Waals surface area contributed by atoms with Crippen LogP contribution in [-0.4, -0.2) is 28.2 Å². The number of aromatic nitrogens is 2. The Morgan fingerprint density at radius 3 is 2.43 bits per heavy atom. The van der Waals surface area contributed by atoms with Crippen LogP contribution in [0.15, 0.2) is 83.0 Å². The first-order chi connectivity index (χ1) is 18.0. The molecule has 7 nitrogen and oxygen atoms in total. The number of methoxy groups -OCH3 is 1. The van der Waals surface area contributed by atoms with Crippen molar-refractivity contribution in [2.75, 3.05) is 7.11 Å². The van der Waals surface area contributed by atoms with Gasteiger partial charge in [0.05, 0.1) is 25.3 Å². The average Bonchev–Trinajstić information content (AvgIpc) is 3.40. The van der Waals surface area contributed by atoms with E-state index in [4.69, 9.17) is 14.2 Å². The van der Waals surface area contributed by atoms with Crippen molar-refractivity contribution in [2.24, 2.45) is 0 Å². The van der Waals surface area contributed by atoms with Crippen molar-refractivity contribution in [2.45, 2.75) is 39.8 Å². The number of carbonyl (C=O) groups is 1. The molecule has 7 heteroatoms. The van der Waals surface area contributed by atoms with Crippen molar-refractivity contribution in [3.05, 3.63) is 107 Å². The van der Waals surface area contributed by atoms with Crippen LogP contribution in [0, 0.1) is 6.92 Å². The summed E-state index contributed by atoms with van der Waals surface area (Å²) < 4.78 is 11.1. The normalized spacial score (nSPS) is 15.6. The van der Waals surface area contributed by atoms with E-state index in [1.165, 1.54) is 5.56 Å². The van der Waals surface area contributed by atoms with Gasteiger partial charge in [0, 0.05) is 11.3 Å². The molecular weight excluding hydrogens is 464 g/mol. The summed E-state index contributed by atoms with van der Waals surface area (Å²) in [5, 5.41) is 7.44. The lowest BCUT2D eigenvalue weighted by Crippen LogP contribution is -2.45. The molecule has 1 aliphatic rings. The molecule has 0 radical (unpaired) electrons. The molecule has 5 rings (SSSR count). The number of benzene rings is 3. The van der Waals surface area contributed by atoms with Gasteiger partial charge < -0.3 is 14.6 Å². The molecule has 0 aliphatic carbocycles. The lowest BCUT2D eigenvalue weighted by Gasteiger charge is -2.35. The number of ether oxygens (including phenoxy) is 1. The van der Waals surface area contributed by atoms with Gasteiger partial charge in [-0.05, 0) is 61.2 Å². The van der Waals surface area contributed by atoms with Gasteiger partial charge in [-0.25, -0.2) is 4.79 Å². The van der Waals surface area contributed by atoms with Crippen LogP contribution in [0.2, 0.25) is 0 Å². The van der Waals surface area contributed by atoms with Crippen LogP contribution in [-0.2, 0) is 13.0 Å². The molecule has 3 aromatic carbocycles. The minimum atomic E-state index is -0.420. The Hall–Kier alpha value is -4.39. The third kappa shape index (κ3) is 4.98. The molecule has 1 atom stereocenters. The van der Waals surface area contributed by atoms with Gasteiger partial charge in [-0.3, -0.25) is 4.90 Å². The van der Waals surface area contributed by atoms with E-state index in [0.29, 0.717) is 18.3 Å². The third-order valence-electron chi connectivity index (χ3n) is 6.75. The monoisotopic (exact) mass is 494 g/mol. The van der Waals surface area contributed by atoms with E-state index in [0.717, 1.165) is 45.7 Å². The second kappa shape index (κ2) is 10.3. The minimum absolute atomic E-state index is 0.165. The van der Waals surface area contributed by atoms with E-state index in [2.05, 4.69) is 35.6 Å². The average molecular weight is 495 g/mol. The lowest BCUT2D eigenvalue weighted by molar-refractivity contribution is 0.203. The van der Waals surface area contributed by atoms with Crippen molar-refractivity contribution in [1.82, 2.24) is 20.4 Å². The summed E-state index contributed by atoms with van der Waals surface area (Å²) in [6, 6.07) is 23.4. The van der Waals surface area contributed by atoms with Gasteiger partial charge in [0.2, 0.25) is 5.82 Å². The van der Waals surface area contributed by atoms with Crippen molar-refractivity contribution >= 4 is 11.6 Å². The molecule has 1 unspecified atom stereocenters. The summed E-state index contributed by atoms with van der Waals surface area (Å²) in [6.07, 6.45) is 0.943. The SMILES string of the molecule is CCc1ccc(C2NC(=O)N(Cc3cccc(C)c3)C(C)=C2c2nc(-c3ccc(OC)cc3)no2)cc1. The van der Waals surface area contributed by atoms with E-state index < -0.39 is 6.04 Å². The number of aryl methyl sites for hydroxylation is 2. The molecular formula is C30H30N4O3. The number of hydrogen-bond acceptors (Lipinski definition) is 5. The van der Waals surface area contributed by atoms with Gasteiger partial charge in [0.1, 0.15) is 5.75 Å². The van der Waals surface area contributed by atoms with Gasteiger partial charge in [-0.2, -0.15) is 4.98 Å². The van der Waals surface area contributed by atoms with E-state index in [1.54, 1.807) is 12.0 Å². The van der Waals surface area contributed by atoms with Crippen LogP contribution in [0.3, 0.4) is 0 Å². The molecule has 0 spiro atoms. The zero-order valence-electron chi connectivity index (χ0n) is 21.5. The van der Waals surface area contributed by atoms with Crippen LogP contribution < -0.4 is 10.1 Å². The maximum atomic E-state index is 13.4. The smallest absolute Gasteiger partial charge is 0.322 e. The van der Waals surface area contributed by atoms with Crippen molar-refractivity contribution in [1.29, 1.82) is 0 Å². The number of rotatable bonds is 7.